The largest absolute Gasteiger partial charge is 0.0622 e. The van der Waals surface area contributed by atoms with Crippen LogP contribution in [-0.4, -0.2) is 0 Å². The van der Waals surface area contributed by atoms with Crippen molar-refractivity contribution in [2.24, 2.45) is 0 Å². The van der Waals surface area contributed by atoms with Crippen LogP contribution in [0.5, 0.6) is 0 Å². The third-order valence-corrected chi connectivity index (χ3v) is 7.34. The predicted octanol–water partition coefficient (Wildman–Crippen LogP) is 9.33. The molecule has 7 rings (SSSR count). The summed E-state index contributed by atoms with van der Waals surface area (Å²) in [5.41, 5.74) is 11.9. The van der Waals surface area contributed by atoms with E-state index in [0.717, 1.165) is 0 Å². The minimum Gasteiger partial charge on any atom is -0.0622 e. The van der Waals surface area contributed by atoms with Gasteiger partial charge in [-0.3, -0.25) is 0 Å². The average molecular weight is 445 g/mol. The first-order chi connectivity index (χ1) is 17.4. The first-order valence-electron chi connectivity index (χ1n) is 12.2. The molecule has 1 atom stereocenters. The molecule has 0 saturated heterocycles. The van der Waals surface area contributed by atoms with Gasteiger partial charge < -0.3 is 0 Å². The van der Waals surface area contributed by atoms with Crippen molar-refractivity contribution in [1.82, 2.24) is 0 Å². The van der Waals surface area contributed by atoms with Gasteiger partial charge >= 0.3 is 0 Å². The van der Waals surface area contributed by atoms with E-state index in [2.05, 4.69) is 140 Å². The van der Waals surface area contributed by atoms with E-state index < -0.39 is 0 Å². The molecule has 6 aromatic rings. The van der Waals surface area contributed by atoms with Crippen LogP contribution >= 0.6 is 0 Å². The molecular weight excluding hydrogens is 420 g/mol. The summed E-state index contributed by atoms with van der Waals surface area (Å²) < 4.78 is 0. The minimum atomic E-state index is 0.220. The topological polar surface area (TPSA) is 0 Å². The maximum absolute atomic E-state index is 2.42. The van der Waals surface area contributed by atoms with Crippen LogP contribution < -0.4 is 0 Å². The summed E-state index contributed by atoms with van der Waals surface area (Å²) in [6.07, 6.45) is 0. The van der Waals surface area contributed by atoms with Crippen LogP contribution in [0.25, 0.3) is 44.2 Å². The molecule has 0 N–H and O–H groups in total. The second-order valence-electron chi connectivity index (χ2n) is 9.34. The Morgan fingerprint density at radius 1 is 0.371 bits per heavy atom. The molecule has 0 saturated carbocycles. The third-order valence-electron chi connectivity index (χ3n) is 7.34. The Balaban J connectivity index is 1.46. The van der Waals surface area contributed by atoms with Crippen LogP contribution in [0.4, 0.5) is 0 Å². The molecule has 164 valence electrons. The lowest BCUT2D eigenvalue weighted by molar-refractivity contribution is 1.02. The molecule has 0 heteroatoms. The van der Waals surface area contributed by atoms with Crippen molar-refractivity contribution < 1.29 is 0 Å². The summed E-state index contributed by atoms with van der Waals surface area (Å²) in [5.74, 6) is 0.220. The fourth-order valence-electron chi connectivity index (χ4n) is 5.73. The first-order valence-corrected chi connectivity index (χ1v) is 12.2. The molecule has 1 unspecified atom stereocenters. The lowest BCUT2D eigenvalue weighted by Gasteiger charge is -2.18. The first kappa shape index (κ1) is 20.0. The van der Waals surface area contributed by atoms with Crippen molar-refractivity contribution in [2.75, 3.05) is 0 Å². The monoisotopic (exact) mass is 444 g/mol. The lowest BCUT2D eigenvalue weighted by atomic mass is 9.85. The summed E-state index contributed by atoms with van der Waals surface area (Å²) in [4.78, 5) is 0. The molecule has 0 heterocycles. The van der Waals surface area contributed by atoms with Gasteiger partial charge in [-0.2, -0.15) is 0 Å². The van der Waals surface area contributed by atoms with Crippen LogP contribution in [0.1, 0.15) is 22.6 Å². The van der Waals surface area contributed by atoms with E-state index >= 15 is 0 Å². The summed E-state index contributed by atoms with van der Waals surface area (Å²) in [6.45, 7) is 0. The Labute approximate surface area is 206 Å². The Morgan fingerprint density at radius 2 is 1.03 bits per heavy atom. The number of fused-ring (bicyclic) bond motifs is 4. The highest BCUT2D eigenvalue weighted by molar-refractivity contribution is 5.98. The van der Waals surface area contributed by atoms with Gasteiger partial charge in [-0.25, -0.2) is 0 Å². The molecule has 1 aliphatic carbocycles. The van der Waals surface area contributed by atoms with Gasteiger partial charge in [-0.1, -0.05) is 127 Å². The normalized spacial score (nSPS) is 14.0. The maximum Gasteiger partial charge on any atom is 0.0352 e. The fraction of sp³-hybridized carbons (Fsp3) is 0.0286. The van der Waals surface area contributed by atoms with E-state index in [4.69, 9.17) is 0 Å². The van der Waals surface area contributed by atoms with Crippen molar-refractivity contribution in [3.63, 3.8) is 0 Å². The number of rotatable bonds is 3. The highest BCUT2D eigenvalue weighted by Crippen LogP contribution is 2.50. The quantitative estimate of drug-likeness (QED) is 0.255. The van der Waals surface area contributed by atoms with Crippen molar-refractivity contribution in [3.05, 3.63) is 156 Å². The predicted molar refractivity (Wildman–Crippen MR) is 148 cm³/mol. The maximum atomic E-state index is 2.42. The molecule has 0 amide bonds. The van der Waals surface area contributed by atoms with E-state index in [0.29, 0.717) is 0 Å². The zero-order valence-electron chi connectivity index (χ0n) is 19.4. The van der Waals surface area contributed by atoms with Crippen LogP contribution in [0, 0.1) is 0 Å². The zero-order chi connectivity index (χ0) is 23.2. The molecule has 0 radical (unpaired) electrons. The summed E-state index contributed by atoms with van der Waals surface area (Å²) in [6, 6.07) is 51.0. The van der Waals surface area contributed by atoms with Gasteiger partial charge in [0, 0.05) is 5.92 Å². The SMILES string of the molecule is c1ccc(-c2ccc3c(c2)-c2ccccc2C3c2cc(-c3ccccc3)c3ccccc3c2)cc1. The molecular formula is C35H24. The highest BCUT2D eigenvalue weighted by atomic mass is 14.3. The second kappa shape index (κ2) is 8.11. The van der Waals surface area contributed by atoms with Crippen LogP contribution in [0.3, 0.4) is 0 Å². The molecule has 6 aromatic carbocycles. The molecule has 0 fully saturated rings. The van der Waals surface area contributed by atoms with E-state index in [1.54, 1.807) is 0 Å². The molecule has 0 aromatic heterocycles. The fourth-order valence-corrected chi connectivity index (χ4v) is 5.73. The van der Waals surface area contributed by atoms with Gasteiger partial charge in [0.05, 0.1) is 0 Å². The Hall–Kier alpha value is -4.42. The molecule has 0 bridgehead atoms. The molecule has 0 aliphatic heterocycles. The Morgan fingerprint density at radius 3 is 1.86 bits per heavy atom. The van der Waals surface area contributed by atoms with E-state index in [1.807, 2.05) is 0 Å². The van der Waals surface area contributed by atoms with Crippen molar-refractivity contribution in [3.8, 4) is 33.4 Å². The molecule has 0 nitrogen and oxygen atoms in total. The summed E-state index contributed by atoms with van der Waals surface area (Å²) in [7, 11) is 0. The Bertz CT molecular complexity index is 1680. The molecule has 35 heavy (non-hydrogen) atoms. The number of hydrogen-bond donors (Lipinski definition) is 0. The van der Waals surface area contributed by atoms with Gasteiger partial charge in [0.1, 0.15) is 0 Å². The van der Waals surface area contributed by atoms with Gasteiger partial charge in [0.25, 0.3) is 0 Å². The molecule has 1 aliphatic rings. The van der Waals surface area contributed by atoms with E-state index in [1.165, 1.54) is 60.8 Å². The van der Waals surface area contributed by atoms with Crippen molar-refractivity contribution in [1.29, 1.82) is 0 Å². The average Bonchev–Trinajstić information content (AvgIpc) is 3.27. The summed E-state index contributed by atoms with van der Waals surface area (Å²) >= 11 is 0. The highest BCUT2D eigenvalue weighted by Gasteiger charge is 2.30. The van der Waals surface area contributed by atoms with Gasteiger partial charge in [0.15, 0.2) is 0 Å². The van der Waals surface area contributed by atoms with Gasteiger partial charge in [0.2, 0.25) is 0 Å². The summed E-state index contributed by atoms with van der Waals surface area (Å²) in [5, 5.41) is 2.59. The second-order valence-corrected chi connectivity index (χ2v) is 9.34. The minimum absolute atomic E-state index is 0.220. The zero-order valence-corrected chi connectivity index (χ0v) is 19.4. The van der Waals surface area contributed by atoms with Crippen LogP contribution in [0.2, 0.25) is 0 Å². The van der Waals surface area contributed by atoms with Gasteiger partial charge in [-0.05, 0) is 73.0 Å². The van der Waals surface area contributed by atoms with Crippen LogP contribution in [0.15, 0.2) is 140 Å². The van der Waals surface area contributed by atoms with Crippen LogP contribution in [-0.2, 0) is 0 Å². The lowest BCUT2D eigenvalue weighted by Crippen LogP contribution is -2.00. The van der Waals surface area contributed by atoms with Crippen molar-refractivity contribution in [2.45, 2.75) is 5.92 Å². The Kier molecular flexibility index (Phi) is 4.63. The molecule has 0 spiro atoms. The van der Waals surface area contributed by atoms with Gasteiger partial charge in [-0.15, -0.1) is 0 Å². The third kappa shape index (κ3) is 3.30. The van der Waals surface area contributed by atoms with Crippen molar-refractivity contribution >= 4 is 10.8 Å². The smallest absolute Gasteiger partial charge is 0.0352 e. The van der Waals surface area contributed by atoms with E-state index in [-0.39, 0.29) is 5.92 Å². The number of benzene rings is 6. The number of hydrogen-bond acceptors (Lipinski definition) is 0. The standard InChI is InChI=1S/C35H24/c1-3-11-24(12-4-1)26-19-20-32-34(22-26)30-17-9-10-18-31(30)35(32)28-21-27-15-7-8-16-29(27)33(23-28)25-13-5-2-6-14-25/h1-23,35H. The van der Waals surface area contributed by atoms with E-state index in [9.17, 15) is 0 Å².